The largest absolute Gasteiger partial charge is 0.416 e. The SMILES string of the molecule is O=C(CNC(=O)c1ccccc1F)NNc1ccc(C(F)(F)F)cc1[N+](=O)[O-]. The van der Waals surface area contributed by atoms with Crippen molar-refractivity contribution in [1.82, 2.24) is 10.7 Å². The molecule has 2 amide bonds. The number of nitro groups is 1. The molecular weight excluding hydrogens is 388 g/mol. The molecule has 2 aromatic rings. The van der Waals surface area contributed by atoms with E-state index < -0.39 is 52.2 Å². The van der Waals surface area contributed by atoms with Crippen LogP contribution in [-0.2, 0) is 11.0 Å². The fourth-order valence-electron chi connectivity index (χ4n) is 2.05. The Bertz CT molecular complexity index is 918. The lowest BCUT2D eigenvalue weighted by molar-refractivity contribution is -0.384. The molecule has 0 saturated heterocycles. The zero-order valence-corrected chi connectivity index (χ0v) is 13.8. The molecule has 0 radical (unpaired) electrons. The number of nitrogens with one attached hydrogen (secondary N) is 3. The molecule has 8 nitrogen and oxygen atoms in total. The predicted octanol–water partition coefficient (Wildman–Crippen LogP) is 2.63. The summed E-state index contributed by atoms with van der Waals surface area (Å²) in [5.74, 6) is -2.54. The number of carbonyl (C=O) groups excluding carboxylic acids is 2. The number of hydrogen-bond acceptors (Lipinski definition) is 5. The number of hydrogen-bond donors (Lipinski definition) is 3. The topological polar surface area (TPSA) is 113 Å². The number of alkyl halides is 3. The molecule has 0 atom stereocenters. The predicted molar refractivity (Wildman–Crippen MR) is 88.6 cm³/mol. The van der Waals surface area contributed by atoms with Gasteiger partial charge in [0.05, 0.1) is 22.6 Å². The molecule has 2 rings (SSSR count). The third-order valence-corrected chi connectivity index (χ3v) is 3.39. The molecule has 0 aromatic heterocycles. The van der Waals surface area contributed by atoms with Crippen LogP contribution in [0.25, 0.3) is 0 Å². The van der Waals surface area contributed by atoms with Crippen LogP contribution in [0.15, 0.2) is 42.5 Å². The third-order valence-electron chi connectivity index (χ3n) is 3.39. The van der Waals surface area contributed by atoms with Crippen molar-refractivity contribution < 1.29 is 32.1 Å². The molecule has 0 aliphatic carbocycles. The quantitative estimate of drug-likeness (QED) is 0.392. The van der Waals surface area contributed by atoms with Crippen molar-refractivity contribution in [2.24, 2.45) is 0 Å². The highest BCUT2D eigenvalue weighted by molar-refractivity contribution is 5.96. The molecule has 0 bridgehead atoms. The monoisotopic (exact) mass is 400 g/mol. The Morgan fingerprint density at radius 1 is 1.11 bits per heavy atom. The molecule has 0 heterocycles. The summed E-state index contributed by atoms with van der Waals surface area (Å²) in [5, 5.41) is 13.1. The Morgan fingerprint density at radius 2 is 1.79 bits per heavy atom. The van der Waals surface area contributed by atoms with E-state index in [4.69, 9.17) is 0 Å². The van der Waals surface area contributed by atoms with Crippen LogP contribution in [0.1, 0.15) is 15.9 Å². The zero-order chi connectivity index (χ0) is 20.9. The third kappa shape index (κ3) is 5.16. The van der Waals surface area contributed by atoms with Gasteiger partial charge in [-0.1, -0.05) is 12.1 Å². The van der Waals surface area contributed by atoms with Crippen LogP contribution in [0.2, 0.25) is 0 Å². The molecule has 0 fully saturated rings. The van der Waals surface area contributed by atoms with Crippen LogP contribution in [0.4, 0.5) is 28.9 Å². The zero-order valence-electron chi connectivity index (χ0n) is 13.8. The summed E-state index contributed by atoms with van der Waals surface area (Å²) in [6.07, 6.45) is -4.77. The first-order valence-electron chi connectivity index (χ1n) is 7.53. The van der Waals surface area contributed by atoms with Crippen molar-refractivity contribution in [1.29, 1.82) is 0 Å². The smallest absolute Gasteiger partial charge is 0.343 e. The van der Waals surface area contributed by atoms with Gasteiger partial charge in [0.25, 0.3) is 17.5 Å². The number of benzene rings is 2. The molecule has 0 saturated carbocycles. The van der Waals surface area contributed by atoms with E-state index in [2.05, 4.69) is 10.7 Å². The van der Waals surface area contributed by atoms with Crippen molar-refractivity contribution >= 4 is 23.2 Å². The van der Waals surface area contributed by atoms with Crippen LogP contribution in [0.5, 0.6) is 0 Å². The minimum Gasteiger partial charge on any atom is -0.343 e. The average Bonchev–Trinajstić information content (AvgIpc) is 2.63. The van der Waals surface area contributed by atoms with Crippen molar-refractivity contribution in [3.8, 4) is 0 Å². The molecule has 0 unspecified atom stereocenters. The van der Waals surface area contributed by atoms with Gasteiger partial charge in [0, 0.05) is 6.07 Å². The van der Waals surface area contributed by atoms with Crippen LogP contribution in [0, 0.1) is 15.9 Å². The van der Waals surface area contributed by atoms with Gasteiger partial charge in [0.15, 0.2) is 0 Å². The Labute approximate surface area is 154 Å². The fraction of sp³-hybridized carbons (Fsp3) is 0.125. The van der Waals surface area contributed by atoms with E-state index in [0.717, 1.165) is 12.1 Å². The maximum Gasteiger partial charge on any atom is 0.416 e. The van der Waals surface area contributed by atoms with Crippen LogP contribution in [-0.4, -0.2) is 23.3 Å². The van der Waals surface area contributed by atoms with Crippen molar-refractivity contribution in [3.63, 3.8) is 0 Å². The Balaban J connectivity index is 1.98. The van der Waals surface area contributed by atoms with E-state index in [-0.39, 0.29) is 5.56 Å². The van der Waals surface area contributed by atoms with Gasteiger partial charge >= 0.3 is 6.18 Å². The summed E-state index contributed by atoms with van der Waals surface area (Å²) in [7, 11) is 0. The normalized spacial score (nSPS) is 10.9. The highest BCUT2D eigenvalue weighted by Gasteiger charge is 2.33. The van der Waals surface area contributed by atoms with Gasteiger partial charge < -0.3 is 5.32 Å². The molecule has 148 valence electrons. The van der Waals surface area contributed by atoms with Crippen LogP contribution in [0.3, 0.4) is 0 Å². The van der Waals surface area contributed by atoms with Gasteiger partial charge in [-0.3, -0.25) is 30.6 Å². The molecular formula is C16H12F4N4O4. The summed E-state index contributed by atoms with van der Waals surface area (Å²) < 4.78 is 51.4. The van der Waals surface area contributed by atoms with E-state index in [0.29, 0.717) is 12.1 Å². The second-order valence-corrected chi connectivity index (χ2v) is 5.32. The van der Waals surface area contributed by atoms with E-state index >= 15 is 0 Å². The van der Waals surface area contributed by atoms with Crippen LogP contribution < -0.4 is 16.2 Å². The lowest BCUT2D eigenvalue weighted by Crippen LogP contribution is -2.39. The summed E-state index contributed by atoms with van der Waals surface area (Å²) >= 11 is 0. The number of hydrazine groups is 1. The van der Waals surface area contributed by atoms with Gasteiger partial charge in [-0.25, -0.2) is 4.39 Å². The first kappa shape index (κ1) is 20.6. The second kappa shape index (κ2) is 8.33. The lowest BCUT2D eigenvalue weighted by atomic mass is 10.1. The summed E-state index contributed by atoms with van der Waals surface area (Å²) in [5.41, 5.74) is 1.28. The average molecular weight is 400 g/mol. The van der Waals surface area contributed by atoms with Gasteiger partial charge in [-0.2, -0.15) is 13.2 Å². The van der Waals surface area contributed by atoms with Gasteiger partial charge in [0.1, 0.15) is 11.5 Å². The molecule has 0 aliphatic rings. The standard InChI is InChI=1S/C16H12F4N4O4/c17-11-4-2-1-3-10(11)15(26)21-8-14(25)23-22-12-6-5-9(16(18,19)20)7-13(12)24(27)28/h1-7,22H,8H2,(H,21,26)(H,23,25). The van der Waals surface area contributed by atoms with Crippen molar-refractivity contribution in [3.05, 3.63) is 69.5 Å². The first-order valence-corrected chi connectivity index (χ1v) is 7.53. The maximum atomic E-state index is 13.5. The minimum atomic E-state index is -4.77. The Hall–Kier alpha value is -3.70. The number of halogens is 4. The Morgan fingerprint density at radius 3 is 2.39 bits per heavy atom. The number of carbonyl (C=O) groups is 2. The van der Waals surface area contributed by atoms with Gasteiger partial charge in [0.2, 0.25) is 0 Å². The highest BCUT2D eigenvalue weighted by atomic mass is 19.4. The van der Waals surface area contributed by atoms with Crippen molar-refractivity contribution in [2.45, 2.75) is 6.18 Å². The highest BCUT2D eigenvalue weighted by Crippen LogP contribution is 2.34. The number of anilines is 1. The van der Waals surface area contributed by atoms with Crippen LogP contribution >= 0.6 is 0 Å². The van der Waals surface area contributed by atoms with Gasteiger partial charge in [-0.05, 0) is 24.3 Å². The summed E-state index contributed by atoms with van der Waals surface area (Å²) in [6.45, 7) is -0.616. The fourth-order valence-corrected chi connectivity index (χ4v) is 2.05. The number of rotatable bonds is 6. The maximum absolute atomic E-state index is 13.5. The van der Waals surface area contributed by atoms with E-state index in [1.807, 2.05) is 5.43 Å². The van der Waals surface area contributed by atoms with Crippen molar-refractivity contribution in [2.75, 3.05) is 12.0 Å². The first-order chi connectivity index (χ1) is 13.1. The van der Waals surface area contributed by atoms with E-state index in [1.165, 1.54) is 18.2 Å². The molecule has 28 heavy (non-hydrogen) atoms. The molecule has 3 N–H and O–H groups in total. The van der Waals surface area contributed by atoms with E-state index in [9.17, 15) is 37.3 Å². The minimum absolute atomic E-state index is 0.290. The molecule has 12 heteroatoms. The van der Waals surface area contributed by atoms with Gasteiger partial charge in [-0.15, -0.1) is 0 Å². The number of nitro benzene ring substituents is 1. The Kier molecular flexibility index (Phi) is 6.13. The number of nitrogens with zero attached hydrogens (tertiary/aromatic N) is 1. The number of amides is 2. The lowest BCUT2D eigenvalue weighted by Gasteiger charge is -2.12. The summed E-state index contributed by atoms with van der Waals surface area (Å²) in [4.78, 5) is 33.4. The second-order valence-electron chi connectivity index (χ2n) is 5.32. The molecule has 2 aromatic carbocycles. The summed E-state index contributed by atoms with van der Waals surface area (Å²) in [6, 6.07) is 6.74. The van der Waals surface area contributed by atoms with E-state index in [1.54, 1.807) is 0 Å². The molecule has 0 aliphatic heterocycles. The molecule has 0 spiro atoms.